The van der Waals surface area contributed by atoms with Crippen LogP contribution in [-0.4, -0.2) is 22.6 Å². The lowest BCUT2D eigenvalue weighted by molar-refractivity contribution is -0.141. The third kappa shape index (κ3) is 1.71. The molecular weight excluding hydrogens is 228 g/mol. The van der Waals surface area contributed by atoms with Crippen molar-refractivity contribution in [3.63, 3.8) is 0 Å². The molecule has 0 saturated heterocycles. The second-order valence-corrected chi connectivity index (χ2v) is 4.23. The number of carbonyl (C=O) groups is 1. The fraction of sp³-hybridized carbons (Fsp3) is 0.300. The minimum atomic E-state index is -0.462. The molecule has 2 aromatic heterocycles. The lowest BCUT2D eigenvalue weighted by atomic mass is 10.3. The summed E-state index contributed by atoms with van der Waals surface area (Å²) in [5, 5.41) is 1.88. The number of ether oxygens (including phenoxy) is 1. The van der Waals surface area contributed by atoms with E-state index in [0.717, 1.165) is 5.56 Å². The van der Waals surface area contributed by atoms with E-state index in [4.69, 9.17) is 0 Å². The van der Waals surface area contributed by atoms with Crippen LogP contribution in [0.4, 0.5) is 0 Å². The molecule has 6 heteroatoms. The van der Waals surface area contributed by atoms with E-state index in [-0.39, 0.29) is 12.1 Å². The van der Waals surface area contributed by atoms with Crippen molar-refractivity contribution in [2.24, 2.45) is 0 Å². The minimum Gasteiger partial charge on any atom is -0.468 e. The van der Waals surface area contributed by atoms with Gasteiger partial charge in [-0.1, -0.05) is 0 Å². The SMILES string of the molecule is COC(=O)Cn1cnc2c(C)csc2c1=O. The van der Waals surface area contributed by atoms with Crippen molar-refractivity contribution in [3.8, 4) is 0 Å². The standard InChI is InChI=1S/C10H10N2O3S/c1-6-4-16-9-8(6)11-5-12(10(9)14)3-7(13)15-2/h4-5H,3H2,1-2H3. The van der Waals surface area contributed by atoms with Gasteiger partial charge in [-0.3, -0.25) is 14.2 Å². The predicted molar refractivity (Wildman–Crippen MR) is 60.6 cm³/mol. The van der Waals surface area contributed by atoms with Crippen LogP contribution in [-0.2, 0) is 16.1 Å². The first-order valence-corrected chi connectivity index (χ1v) is 5.51. The molecule has 5 nitrogen and oxygen atoms in total. The molecule has 0 radical (unpaired) electrons. The Bertz CT molecular complexity index is 600. The molecule has 0 amide bonds. The minimum absolute atomic E-state index is 0.102. The zero-order chi connectivity index (χ0) is 11.7. The maximum absolute atomic E-state index is 11.9. The number of rotatable bonds is 2. The Morgan fingerprint density at radius 1 is 1.62 bits per heavy atom. The van der Waals surface area contributed by atoms with Crippen LogP contribution >= 0.6 is 11.3 Å². The van der Waals surface area contributed by atoms with Gasteiger partial charge in [0.2, 0.25) is 0 Å². The molecule has 0 unspecified atom stereocenters. The van der Waals surface area contributed by atoms with Gasteiger partial charge in [-0.15, -0.1) is 11.3 Å². The van der Waals surface area contributed by atoms with Gasteiger partial charge in [-0.2, -0.15) is 0 Å². The fourth-order valence-corrected chi connectivity index (χ4v) is 2.33. The Kier molecular flexibility index (Phi) is 2.74. The van der Waals surface area contributed by atoms with Gasteiger partial charge in [-0.25, -0.2) is 4.98 Å². The van der Waals surface area contributed by atoms with Crippen LogP contribution in [0.3, 0.4) is 0 Å². The summed E-state index contributed by atoms with van der Waals surface area (Å²) in [5.74, 6) is -0.462. The highest BCUT2D eigenvalue weighted by Crippen LogP contribution is 2.19. The van der Waals surface area contributed by atoms with Gasteiger partial charge in [0.15, 0.2) is 0 Å². The molecule has 16 heavy (non-hydrogen) atoms. The molecule has 2 aromatic rings. The van der Waals surface area contributed by atoms with E-state index in [1.807, 2.05) is 12.3 Å². The maximum Gasteiger partial charge on any atom is 0.325 e. The molecule has 0 atom stereocenters. The van der Waals surface area contributed by atoms with Gasteiger partial charge in [-0.05, 0) is 17.9 Å². The van der Waals surface area contributed by atoms with E-state index in [2.05, 4.69) is 9.72 Å². The molecule has 0 saturated carbocycles. The molecule has 0 bridgehead atoms. The summed E-state index contributed by atoms with van der Waals surface area (Å²) >= 11 is 1.34. The highest BCUT2D eigenvalue weighted by Gasteiger charge is 2.10. The number of carbonyl (C=O) groups excluding carboxylic acids is 1. The van der Waals surface area contributed by atoms with Crippen LogP contribution in [0, 0.1) is 6.92 Å². The predicted octanol–water partition coefficient (Wildman–Crippen LogP) is 0.939. The van der Waals surface area contributed by atoms with Gasteiger partial charge >= 0.3 is 5.97 Å². The first-order chi connectivity index (χ1) is 7.63. The summed E-state index contributed by atoms with van der Waals surface area (Å²) in [6.45, 7) is 1.80. The number of aromatic nitrogens is 2. The first kappa shape index (κ1) is 10.8. The molecule has 0 aliphatic carbocycles. The molecule has 0 N–H and O–H groups in total. The third-order valence-corrected chi connectivity index (χ3v) is 3.33. The first-order valence-electron chi connectivity index (χ1n) is 4.63. The average Bonchev–Trinajstić information content (AvgIpc) is 2.65. The van der Waals surface area contributed by atoms with Crippen LogP contribution in [0.2, 0.25) is 0 Å². The van der Waals surface area contributed by atoms with E-state index >= 15 is 0 Å². The van der Waals surface area contributed by atoms with E-state index in [1.54, 1.807) is 0 Å². The second-order valence-electron chi connectivity index (χ2n) is 3.35. The number of methoxy groups -OCH3 is 1. The van der Waals surface area contributed by atoms with Gasteiger partial charge in [0.05, 0.1) is 19.0 Å². The van der Waals surface area contributed by atoms with Crippen LogP contribution in [0.15, 0.2) is 16.5 Å². The number of hydrogen-bond acceptors (Lipinski definition) is 5. The van der Waals surface area contributed by atoms with Gasteiger partial charge in [0.1, 0.15) is 11.2 Å². The van der Waals surface area contributed by atoms with Crippen LogP contribution in [0.25, 0.3) is 10.2 Å². The number of hydrogen-bond donors (Lipinski definition) is 0. The fourth-order valence-electron chi connectivity index (χ4n) is 1.38. The summed E-state index contributed by atoms with van der Waals surface area (Å²) in [5.41, 5.74) is 1.48. The van der Waals surface area contributed by atoms with E-state index in [0.29, 0.717) is 10.2 Å². The number of fused-ring (bicyclic) bond motifs is 1. The molecule has 0 aliphatic rings. The van der Waals surface area contributed by atoms with Gasteiger partial charge < -0.3 is 4.74 Å². The van der Waals surface area contributed by atoms with Crippen LogP contribution in [0.5, 0.6) is 0 Å². The number of esters is 1. The molecule has 0 aliphatic heterocycles. The molecule has 2 heterocycles. The van der Waals surface area contributed by atoms with E-state index < -0.39 is 5.97 Å². The molecule has 0 aromatic carbocycles. The topological polar surface area (TPSA) is 61.2 Å². The molecule has 84 valence electrons. The molecule has 0 fully saturated rings. The van der Waals surface area contributed by atoms with Gasteiger partial charge in [0, 0.05) is 0 Å². The smallest absolute Gasteiger partial charge is 0.325 e. The molecular formula is C10H10N2O3S. The third-order valence-electron chi connectivity index (χ3n) is 2.25. The summed E-state index contributed by atoms with van der Waals surface area (Å²) in [7, 11) is 1.29. The van der Waals surface area contributed by atoms with E-state index in [1.165, 1.54) is 29.3 Å². The van der Waals surface area contributed by atoms with Crippen molar-refractivity contribution in [1.29, 1.82) is 0 Å². The highest BCUT2D eigenvalue weighted by molar-refractivity contribution is 7.17. The van der Waals surface area contributed by atoms with Crippen molar-refractivity contribution in [2.75, 3.05) is 7.11 Å². The Morgan fingerprint density at radius 3 is 3.06 bits per heavy atom. The summed E-state index contributed by atoms with van der Waals surface area (Å²) in [6, 6.07) is 0. The normalized spacial score (nSPS) is 10.6. The second kappa shape index (κ2) is 4.05. The van der Waals surface area contributed by atoms with Gasteiger partial charge in [0.25, 0.3) is 5.56 Å². The summed E-state index contributed by atoms with van der Waals surface area (Å²) in [4.78, 5) is 27.1. The lowest BCUT2D eigenvalue weighted by Crippen LogP contribution is -2.24. The Balaban J connectivity index is 2.53. The molecule has 2 rings (SSSR count). The number of thiophene rings is 1. The summed E-state index contributed by atoms with van der Waals surface area (Å²) < 4.78 is 6.33. The maximum atomic E-state index is 11.9. The largest absolute Gasteiger partial charge is 0.468 e. The zero-order valence-corrected chi connectivity index (χ0v) is 9.71. The summed E-state index contributed by atoms with van der Waals surface area (Å²) in [6.07, 6.45) is 1.38. The average molecular weight is 238 g/mol. The van der Waals surface area contributed by atoms with Crippen molar-refractivity contribution in [2.45, 2.75) is 13.5 Å². The van der Waals surface area contributed by atoms with Crippen molar-refractivity contribution >= 4 is 27.5 Å². The Morgan fingerprint density at radius 2 is 2.38 bits per heavy atom. The lowest BCUT2D eigenvalue weighted by Gasteiger charge is -2.02. The molecule has 0 spiro atoms. The van der Waals surface area contributed by atoms with Crippen molar-refractivity contribution < 1.29 is 9.53 Å². The Hall–Kier alpha value is -1.69. The Labute approximate surface area is 95.3 Å². The zero-order valence-electron chi connectivity index (χ0n) is 8.89. The van der Waals surface area contributed by atoms with Crippen molar-refractivity contribution in [3.05, 3.63) is 27.6 Å². The van der Waals surface area contributed by atoms with Crippen LogP contribution in [0.1, 0.15) is 5.56 Å². The van der Waals surface area contributed by atoms with E-state index in [9.17, 15) is 9.59 Å². The monoisotopic (exact) mass is 238 g/mol. The number of nitrogens with zero attached hydrogens (tertiary/aromatic N) is 2. The van der Waals surface area contributed by atoms with Crippen LogP contribution < -0.4 is 5.56 Å². The quantitative estimate of drug-likeness (QED) is 0.730. The highest BCUT2D eigenvalue weighted by atomic mass is 32.1. The number of aryl methyl sites for hydroxylation is 1. The van der Waals surface area contributed by atoms with Crippen molar-refractivity contribution in [1.82, 2.24) is 9.55 Å².